The van der Waals surface area contributed by atoms with Gasteiger partial charge in [-0.25, -0.2) is 0 Å². The smallest absolute Gasteiger partial charge is 0.245 e. The van der Waals surface area contributed by atoms with E-state index in [1.807, 2.05) is 59.5 Å². The molecule has 1 spiro atoms. The predicted molar refractivity (Wildman–Crippen MR) is 122 cm³/mol. The summed E-state index contributed by atoms with van der Waals surface area (Å²) in [5, 5.41) is 3.00. The van der Waals surface area contributed by atoms with Crippen molar-refractivity contribution < 1.29 is 14.4 Å². The minimum atomic E-state index is -0.695. The van der Waals surface area contributed by atoms with Crippen molar-refractivity contribution in [3.05, 3.63) is 78.4 Å². The SMILES string of the molecule is C=CC(=O)N1CCC(C(=O)N2CCC3(C2)C(=O)Nc2ccccc23)(c2ccccc2)CC1. The minimum Gasteiger partial charge on any atom is -0.340 e. The van der Waals surface area contributed by atoms with Crippen LogP contribution >= 0.6 is 0 Å². The number of carbonyl (C=O) groups is 3. The molecule has 0 saturated carbocycles. The van der Waals surface area contributed by atoms with Gasteiger partial charge in [0.1, 0.15) is 0 Å². The Morgan fingerprint density at radius 1 is 0.906 bits per heavy atom. The van der Waals surface area contributed by atoms with Crippen LogP contribution in [0.2, 0.25) is 0 Å². The standard InChI is InChI=1S/C26H27N3O3/c1-2-22(30)28-15-12-25(13-16-28,19-8-4-3-5-9-19)24(32)29-17-14-26(18-29)20-10-6-7-11-21(20)27-23(26)31/h2-11H,1,12-18H2,(H,27,31). The molecule has 1 unspecified atom stereocenters. The molecule has 1 atom stereocenters. The molecule has 2 aromatic rings. The Labute approximate surface area is 187 Å². The molecule has 3 aliphatic heterocycles. The van der Waals surface area contributed by atoms with Crippen LogP contribution in [0.15, 0.2) is 67.3 Å². The maximum Gasteiger partial charge on any atom is 0.245 e. The number of carbonyl (C=O) groups excluding carboxylic acids is 3. The number of para-hydroxylation sites is 1. The number of anilines is 1. The first-order valence-electron chi connectivity index (χ1n) is 11.2. The number of likely N-dealkylation sites (tertiary alicyclic amines) is 2. The third-order valence-electron chi connectivity index (χ3n) is 7.52. The minimum absolute atomic E-state index is 0.0193. The molecule has 0 bridgehead atoms. The van der Waals surface area contributed by atoms with Gasteiger partial charge in [-0.3, -0.25) is 14.4 Å². The van der Waals surface area contributed by atoms with Gasteiger partial charge in [0.15, 0.2) is 0 Å². The first-order valence-corrected chi connectivity index (χ1v) is 11.2. The Balaban J connectivity index is 1.45. The maximum absolute atomic E-state index is 14.1. The van der Waals surface area contributed by atoms with Gasteiger partial charge in [-0.2, -0.15) is 0 Å². The van der Waals surface area contributed by atoms with Crippen molar-refractivity contribution in [3.63, 3.8) is 0 Å². The number of fused-ring (bicyclic) bond motifs is 2. The lowest BCUT2D eigenvalue weighted by Crippen LogP contribution is -2.54. The fourth-order valence-electron chi connectivity index (χ4n) is 5.69. The van der Waals surface area contributed by atoms with Gasteiger partial charge in [-0.1, -0.05) is 55.1 Å². The largest absolute Gasteiger partial charge is 0.340 e. The second-order valence-electron chi connectivity index (χ2n) is 9.04. The van der Waals surface area contributed by atoms with E-state index in [1.165, 1.54) is 6.08 Å². The quantitative estimate of drug-likeness (QED) is 0.763. The normalized spacial score (nSPS) is 23.7. The van der Waals surface area contributed by atoms with Crippen molar-refractivity contribution in [1.29, 1.82) is 0 Å². The summed E-state index contributed by atoms with van der Waals surface area (Å²) in [6.07, 6.45) is 3.06. The topological polar surface area (TPSA) is 69.7 Å². The highest BCUT2D eigenvalue weighted by Gasteiger charge is 2.55. The van der Waals surface area contributed by atoms with E-state index >= 15 is 0 Å². The summed E-state index contributed by atoms with van der Waals surface area (Å²) in [6, 6.07) is 17.6. The van der Waals surface area contributed by atoms with Crippen LogP contribution < -0.4 is 5.32 Å². The Kier molecular flexibility index (Phi) is 4.88. The van der Waals surface area contributed by atoms with E-state index in [4.69, 9.17) is 0 Å². The zero-order valence-electron chi connectivity index (χ0n) is 18.0. The second kappa shape index (κ2) is 7.62. The summed E-state index contributed by atoms with van der Waals surface area (Å²) in [7, 11) is 0. The molecule has 3 heterocycles. The summed E-state index contributed by atoms with van der Waals surface area (Å²) in [5.41, 5.74) is 1.44. The molecule has 3 amide bonds. The van der Waals surface area contributed by atoms with Crippen molar-refractivity contribution in [3.8, 4) is 0 Å². The third-order valence-corrected chi connectivity index (χ3v) is 7.52. The maximum atomic E-state index is 14.1. The lowest BCUT2D eigenvalue weighted by Gasteiger charge is -2.43. The molecule has 0 radical (unpaired) electrons. The summed E-state index contributed by atoms with van der Waals surface area (Å²) in [4.78, 5) is 42.9. The summed E-state index contributed by atoms with van der Waals surface area (Å²) in [6.45, 7) is 5.54. The second-order valence-corrected chi connectivity index (χ2v) is 9.04. The van der Waals surface area contributed by atoms with Gasteiger partial charge < -0.3 is 15.1 Å². The van der Waals surface area contributed by atoms with E-state index < -0.39 is 10.8 Å². The lowest BCUT2D eigenvalue weighted by atomic mass is 9.71. The number of nitrogens with zero attached hydrogens (tertiary/aromatic N) is 2. The van der Waals surface area contributed by atoms with E-state index in [2.05, 4.69) is 11.9 Å². The molecule has 5 rings (SSSR count). The monoisotopic (exact) mass is 429 g/mol. The van der Waals surface area contributed by atoms with Gasteiger partial charge >= 0.3 is 0 Å². The van der Waals surface area contributed by atoms with Gasteiger partial charge in [-0.05, 0) is 42.5 Å². The summed E-state index contributed by atoms with van der Waals surface area (Å²) in [5.74, 6) is -0.0592. The molecule has 6 nitrogen and oxygen atoms in total. The molecule has 32 heavy (non-hydrogen) atoms. The van der Waals surface area contributed by atoms with Crippen LogP contribution in [-0.2, 0) is 25.2 Å². The molecule has 0 aliphatic carbocycles. The van der Waals surface area contributed by atoms with Crippen LogP contribution in [0.25, 0.3) is 0 Å². The van der Waals surface area contributed by atoms with E-state index in [1.54, 1.807) is 4.90 Å². The number of nitrogens with one attached hydrogen (secondary N) is 1. The number of benzene rings is 2. The lowest BCUT2D eigenvalue weighted by molar-refractivity contribution is -0.141. The Hall–Kier alpha value is -3.41. The van der Waals surface area contributed by atoms with Crippen LogP contribution in [0.3, 0.4) is 0 Å². The fraction of sp³-hybridized carbons (Fsp3) is 0.346. The molecule has 2 aromatic carbocycles. The number of hydrogen-bond acceptors (Lipinski definition) is 3. The van der Waals surface area contributed by atoms with E-state index in [0.29, 0.717) is 45.4 Å². The van der Waals surface area contributed by atoms with Crippen molar-refractivity contribution in [2.75, 3.05) is 31.5 Å². The molecule has 0 aromatic heterocycles. The number of rotatable bonds is 3. The number of piperidine rings is 1. The molecule has 2 fully saturated rings. The van der Waals surface area contributed by atoms with Crippen LogP contribution in [0.4, 0.5) is 5.69 Å². The van der Waals surface area contributed by atoms with Crippen molar-refractivity contribution in [2.45, 2.75) is 30.1 Å². The van der Waals surface area contributed by atoms with Gasteiger partial charge in [0, 0.05) is 31.9 Å². The molecular weight excluding hydrogens is 402 g/mol. The molecule has 6 heteroatoms. The van der Waals surface area contributed by atoms with Gasteiger partial charge in [0.2, 0.25) is 17.7 Å². The molecule has 164 valence electrons. The predicted octanol–water partition coefficient (Wildman–Crippen LogP) is 2.86. The van der Waals surface area contributed by atoms with Crippen LogP contribution in [-0.4, -0.2) is 53.7 Å². The van der Waals surface area contributed by atoms with Gasteiger partial charge in [-0.15, -0.1) is 0 Å². The third kappa shape index (κ3) is 2.97. The van der Waals surface area contributed by atoms with E-state index in [9.17, 15) is 14.4 Å². The Morgan fingerprint density at radius 3 is 2.28 bits per heavy atom. The zero-order valence-corrected chi connectivity index (χ0v) is 18.0. The first-order chi connectivity index (χ1) is 15.5. The average Bonchev–Trinajstić information content (AvgIpc) is 3.41. The zero-order chi connectivity index (χ0) is 22.3. The fourth-order valence-corrected chi connectivity index (χ4v) is 5.69. The number of amides is 3. The van der Waals surface area contributed by atoms with Crippen molar-refractivity contribution in [1.82, 2.24) is 9.80 Å². The van der Waals surface area contributed by atoms with Crippen LogP contribution in [0, 0.1) is 0 Å². The van der Waals surface area contributed by atoms with Crippen LogP contribution in [0.5, 0.6) is 0 Å². The Morgan fingerprint density at radius 2 is 1.56 bits per heavy atom. The first kappa shape index (κ1) is 20.5. The van der Waals surface area contributed by atoms with Crippen molar-refractivity contribution >= 4 is 23.4 Å². The van der Waals surface area contributed by atoms with Crippen molar-refractivity contribution in [2.24, 2.45) is 0 Å². The van der Waals surface area contributed by atoms with Gasteiger partial charge in [0.05, 0.1) is 10.8 Å². The molecule has 2 saturated heterocycles. The Bertz CT molecular complexity index is 1090. The van der Waals surface area contributed by atoms with E-state index in [-0.39, 0.29) is 17.7 Å². The highest BCUT2D eigenvalue weighted by molar-refractivity contribution is 6.07. The average molecular weight is 430 g/mol. The molecule has 3 aliphatic rings. The highest BCUT2D eigenvalue weighted by atomic mass is 16.2. The summed E-state index contributed by atoms with van der Waals surface area (Å²) < 4.78 is 0. The van der Waals surface area contributed by atoms with Crippen LogP contribution in [0.1, 0.15) is 30.4 Å². The van der Waals surface area contributed by atoms with Gasteiger partial charge in [0.25, 0.3) is 0 Å². The summed E-state index contributed by atoms with van der Waals surface area (Å²) >= 11 is 0. The highest BCUT2D eigenvalue weighted by Crippen LogP contribution is 2.46. The van der Waals surface area contributed by atoms with E-state index in [0.717, 1.165) is 16.8 Å². The number of hydrogen-bond donors (Lipinski definition) is 1. The molecule has 1 N–H and O–H groups in total. The molecular formula is C26H27N3O3.